The lowest BCUT2D eigenvalue weighted by molar-refractivity contribution is 0.177. The molecular weight excluding hydrogens is 236 g/mol. The maximum Gasteiger partial charge on any atom is 0.0679 e. The van der Waals surface area contributed by atoms with Crippen molar-refractivity contribution in [3.05, 3.63) is 29.8 Å². The number of aliphatic hydroxyl groups excluding tert-OH is 1. The molecule has 0 spiro atoms. The summed E-state index contributed by atoms with van der Waals surface area (Å²) in [4.78, 5) is 4.83. The maximum absolute atomic E-state index is 9.51. The summed E-state index contributed by atoms with van der Waals surface area (Å²) in [5, 5.41) is 9.51. The number of hydrogen-bond acceptors (Lipinski definition) is 3. The smallest absolute Gasteiger partial charge is 0.0679 e. The molecule has 1 aromatic rings. The summed E-state index contributed by atoms with van der Waals surface area (Å²) >= 11 is 0. The van der Waals surface area contributed by atoms with E-state index in [1.807, 2.05) is 0 Å². The minimum Gasteiger partial charge on any atom is -0.392 e. The molecule has 2 aliphatic heterocycles. The number of likely N-dealkylation sites (tertiary alicyclic amines) is 1. The lowest BCUT2D eigenvalue weighted by atomic mass is 10.1. The molecule has 3 nitrogen and oxygen atoms in total. The fourth-order valence-electron chi connectivity index (χ4n) is 3.15. The summed E-state index contributed by atoms with van der Waals surface area (Å²) in [5.74, 6) is 0. The van der Waals surface area contributed by atoms with Crippen molar-refractivity contribution in [3.8, 4) is 0 Å². The Morgan fingerprint density at radius 1 is 1.05 bits per heavy atom. The number of benzene rings is 1. The summed E-state index contributed by atoms with van der Waals surface area (Å²) < 4.78 is 0. The van der Waals surface area contributed by atoms with E-state index in [2.05, 4.69) is 34.1 Å². The number of aliphatic hydroxyl groups is 1. The van der Waals surface area contributed by atoms with Gasteiger partial charge in [0.2, 0.25) is 0 Å². The van der Waals surface area contributed by atoms with Crippen molar-refractivity contribution in [3.63, 3.8) is 0 Å². The first-order valence-electron chi connectivity index (χ1n) is 7.55. The van der Waals surface area contributed by atoms with Crippen molar-refractivity contribution >= 4 is 5.69 Å². The average Bonchev–Trinajstić information content (AvgIpc) is 3.08. The molecule has 1 atom stereocenters. The van der Waals surface area contributed by atoms with E-state index in [0.29, 0.717) is 0 Å². The lowest BCUT2D eigenvalue weighted by Gasteiger charge is -2.18. The van der Waals surface area contributed by atoms with Crippen molar-refractivity contribution in [2.24, 2.45) is 0 Å². The van der Waals surface area contributed by atoms with Gasteiger partial charge in [-0.2, -0.15) is 0 Å². The molecule has 2 aliphatic rings. The van der Waals surface area contributed by atoms with Gasteiger partial charge in [-0.1, -0.05) is 12.1 Å². The molecule has 2 heterocycles. The number of hydrogen-bond donors (Lipinski definition) is 1. The van der Waals surface area contributed by atoms with Gasteiger partial charge in [0.25, 0.3) is 0 Å². The minimum absolute atomic E-state index is 0.0995. The Bertz CT molecular complexity index is 398. The van der Waals surface area contributed by atoms with Gasteiger partial charge in [-0.15, -0.1) is 0 Å². The van der Waals surface area contributed by atoms with E-state index in [1.165, 1.54) is 37.2 Å². The highest BCUT2D eigenvalue weighted by atomic mass is 16.3. The van der Waals surface area contributed by atoms with Crippen molar-refractivity contribution in [1.29, 1.82) is 0 Å². The summed E-state index contributed by atoms with van der Waals surface area (Å²) in [6, 6.07) is 9.05. The van der Waals surface area contributed by atoms with Crippen LogP contribution in [0.4, 0.5) is 5.69 Å². The molecule has 1 N–H and O–H groups in total. The molecule has 3 heteroatoms. The van der Waals surface area contributed by atoms with Gasteiger partial charge in [0.1, 0.15) is 0 Å². The van der Waals surface area contributed by atoms with Crippen LogP contribution in [-0.2, 0) is 6.42 Å². The van der Waals surface area contributed by atoms with E-state index in [0.717, 1.165) is 32.5 Å². The van der Waals surface area contributed by atoms with Gasteiger partial charge in [-0.3, -0.25) is 0 Å². The Hall–Kier alpha value is -1.06. The SMILES string of the molecule is OC1CCN(CCc2ccc(N3CCCC3)cc2)C1. The van der Waals surface area contributed by atoms with Crippen LogP contribution >= 0.6 is 0 Å². The Morgan fingerprint density at radius 3 is 2.42 bits per heavy atom. The highest BCUT2D eigenvalue weighted by Crippen LogP contribution is 2.20. The second kappa shape index (κ2) is 5.93. The molecule has 19 heavy (non-hydrogen) atoms. The zero-order valence-electron chi connectivity index (χ0n) is 11.6. The minimum atomic E-state index is -0.0995. The third-order valence-electron chi connectivity index (χ3n) is 4.37. The van der Waals surface area contributed by atoms with E-state index in [9.17, 15) is 5.11 Å². The summed E-state index contributed by atoms with van der Waals surface area (Å²) in [6.45, 7) is 5.40. The molecule has 0 aliphatic carbocycles. The molecule has 2 fully saturated rings. The second-order valence-corrected chi connectivity index (χ2v) is 5.85. The summed E-state index contributed by atoms with van der Waals surface area (Å²) in [5.41, 5.74) is 2.78. The predicted octanol–water partition coefficient (Wildman–Crippen LogP) is 1.90. The van der Waals surface area contributed by atoms with Gasteiger partial charge in [0.05, 0.1) is 6.10 Å². The van der Waals surface area contributed by atoms with E-state index in [4.69, 9.17) is 0 Å². The fraction of sp³-hybridized carbons (Fsp3) is 0.625. The fourth-order valence-corrected chi connectivity index (χ4v) is 3.15. The van der Waals surface area contributed by atoms with Crippen LogP contribution in [0.2, 0.25) is 0 Å². The van der Waals surface area contributed by atoms with Gasteiger partial charge < -0.3 is 14.9 Å². The van der Waals surface area contributed by atoms with Crippen LogP contribution < -0.4 is 4.90 Å². The van der Waals surface area contributed by atoms with Crippen molar-refractivity contribution in [1.82, 2.24) is 4.90 Å². The molecule has 0 saturated carbocycles. The lowest BCUT2D eigenvalue weighted by Crippen LogP contribution is -2.24. The van der Waals surface area contributed by atoms with Crippen LogP contribution in [0.25, 0.3) is 0 Å². The van der Waals surface area contributed by atoms with Crippen LogP contribution in [0.1, 0.15) is 24.8 Å². The van der Waals surface area contributed by atoms with Crippen LogP contribution in [0.15, 0.2) is 24.3 Å². The molecule has 104 valence electrons. The highest BCUT2D eigenvalue weighted by molar-refractivity contribution is 5.48. The second-order valence-electron chi connectivity index (χ2n) is 5.85. The molecule has 1 aromatic carbocycles. The van der Waals surface area contributed by atoms with Crippen LogP contribution in [-0.4, -0.2) is 48.8 Å². The molecular formula is C16H24N2O. The van der Waals surface area contributed by atoms with Crippen molar-refractivity contribution in [2.45, 2.75) is 31.8 Å². The third kappa shape index (κ3) is 3.28. The number of anilines is 1. The Kier molecular flexibility index (Phi) is 4.04. The first kappa shape index (κ1) is 12.9. The number of rotatable bonds is 4. The molecule has 0 aromatic heterocycles. The molecule has 0 radical (unpaired) electrons. The standard InChI is InChI=1S/C16H24N2O/c19-16-8-12-17(13-16)11-7-14-3-5-15(6-4-14)18-9-1-2-10-18/h3-6,16,19H,1-2,7-13H2. The Labute approximate surface area is 115 Å². The highest BCUT2D eigenvalue weighted by Gasteiger charge is 2.19. The van der Waals surface area contributed by atoms with Gasteiger partial charge in [0.15, 0.2) is 0 Å². The van der Waals surface area contributed by atoms with Gasteiger partial charge >= 0.3 is 0 Å². The van der Waals surface area contributed by atoms with E-state index >= 15 is 0 Å². The summed E-state index contributed by atoms with van der Waals surface area (Å²) in [7, 11) is 0. The van der Waals surface area contributed by atoms with E-state index in [1.54, 1.807) is 0 Å². The van der Waals surface area contributed by atoms with Gasteiger partial charge in [-0.05, 0) is 43.4 Å². The summed E-state index contributed by atoms with van der Waals surface area (Å²) in [6.07, 6.45) is 4.59. The largest absolute Gasteiger partial charge is 0.392 e. The van der Waals surface area contributed by atoms with E-state index < -0.39 is 0 Å². The monoisotopic (exact) mass is 260 g/mol. The Morgan fingerprint density at radius 2 is 1.79 bits per heavy atom. The molecule has 2 saturated heterocycles. The topological polar surface area (TPSA) is 26.7 Å². The van der Waals surface area contributed by atoms with Crippen LogP contribution in [0.5, 0.6) is 0 Å². The Balaban J connectivity index is 1.51. The first-order valence-corrected chi connectivity index (χ1v) is 7.55. The number of nitrogens with zero attached hydrogens (tertiary/aromatic N) is 2. The maximum atomic E-state index is 9.51. The van der Waals surface area contributed by atoms with E-state index in [-0.39, 0.29) is 6.10 Å². The first-order chi connectivity index (χ1) is 9.31. The van der Waals surface area contributed by atoms with Crippen molar-refractivity contribution < 1.29 is 5.11 Å². The third-order valence-corrected chi connectivity index (χ3v) is 4.37. The molecule has 0 amide bonds. The zero-order valence-corrected chi connectivity index (χ0v) is 11.6. The predicted molar refractivity (Wildman–Crippen MR) is 78.7 cm³/mol. The molecule has 3 rings (SSSR count). The van der Waals surface area contributed by atoms with Gasteiger partial charge in [-0.25, -0.2) is 0 Å². The molecule has 1 unspecified atom stereocenters. The average molecular weight is 260 g/mol. The van der Waals surface area contributed by atoms with Crippen LogP contribution in [0.3, 0.4) is 0 Å². The normalized spacial score (nSPS) is 24.3. The zero-order chi connectivity index (χ0) is 13.1. The van der Waals surface area contributed by atoms with Crippen molar-refractivity contribution in [2.75, 3.05) is 37.6 Å². The van der Waals surface area contributed by atoms with Gasteiger partial charge in [0, 0.05) is 38.4 Å². The molecule has 0 bridgehead atoms. The van der Waals surface area contributed by atoms with Crippen LogP contribution in [0, 0.1) is 0 Å². The quantitative estimate of drug-likeness (QED) is 0.895. The number of β-amino-alcohol motifs (C(OH)–C–C–N with tert-alkyl or cyclic N) is 1.